The lowest BCUT2D eigenvalue weighted by atomic mass is 9.97. The molecule has 1 saturated heterocycles. The fourth-order valence-corrected chi connectivity index (χ4v) is 1.98. The molecule has 3 heteroatoms. The highest BCUT2D eigenvalue weighted by Crippen LogP contribution is 2.19. The van der Waals surface area contributed by atoms with Crippen molar-refractivity contribution in [3.05, 3.63) is 35.9 Å². The van der Waals surface area contributed by atoms with Gasteiger partial charge in [-0.2, -0.15) is 0 Å². The van der Waals surface area contributed by atoms with Gasteiger partial charge in [-0.05, 0) is 24.3 Å². The summed E-state index contributed by atoms with van der Waals surface area (Å²) < 4.78 is 10.5. The van der Waals surface area contributed by atoms with Crippen molar-refractivity contribution in [1.82, 2.24) is 0 Å². The van der Waals surface area contributed by atoms with Crippen molar-refractivity contribution in [1.29, 1.82) is 0 Å². The molecule has 0 spiro atoms. The summed E-state index contributed by atoms with van der Waals surface area (Å²) in [5, 5.41) is 0. The number of carbonyl (C=O) groups is 1. The molecule has 1 aliphatic heterocycles. The normalized spacial score (nSPS) is 16.7. The molecule has 1 heterocycles. The first-order chi connectivity index (χ1) is 8.34. The molecule has 0 aromatic heterocycles. The average Bonchev–Trinajstić information content (AvgIpc) is 2.39. The van der Waals surface area contributed by atoms with Crippen molar-refractivity contribution < 1.29 is 14.3 Å². The van der Waals surface area contributed by atoms with Crippen LogP contribution < -0.4 is 0 Å². The van der Waals surface area contributed by atoms with E-state index in [4.69, 9.17) is 9.47 Å². The first-order valence-electron chi connectivity index (χ1n) is 6.12. The van der Waals surface area contributed by atoms with Gasteiger partial charge in [-0.3, -0.25) is 4.79 Å². The molecule has 0 atom stereocenters. The molecule has 3 nitrogen and oxygen atoms in total. The average molecular weight is 234 g/mol. The molecular formula is C14H18O3. The molecule has 1 aliphatic rings. The minimum Gasteiger partial charge on any atom is -0.461 e. The monoisotopic (exact) mass is 234 g/mol. The van der Waals surface area contributed by atoms with Gasteiger partial charge in [-0.15, -0.1) is 0 Å². The van der Waals surface area contributed by atoms with Crippen LogP contribution in [0.2, 0.25) is 0 Å². The van der Waals surface area contributed by atoms with Crippen molar-refractivity contribution in [3.63, 3.8) is 0 Å². The zero-order valence-corrected chi connectivity index (χ0v) is 9.93. The van der Waals surface area contributed by atoms with E-state index in [1.165, 1.54) is 0 Å². The van der Waals surface area contributed by atoms with Crippen LogP contribution in [-0.2, 0) is 20.9 Å². The second-order valence-electron chi connectivity index (χ2n) is 4.41. The van der Waals surface area contributed by atoms with Crippen LogP contribution in [0.15, 0.2) is 30.3 Å². The van der Waals surface area contributed by atoms with Gasteiger partial charge in [0.25, 0.3) is 0 Å². The molecule has 0 radical (unpaired) electrons. The molecule has 17 heavy (non-hydrogen) atoms. The maximum Gasteiger partial charge on any atom is 0.306 e. The number of carbonyl (C=O) groups excluding carboxylic acids is 1. The zero-order valence-electron chi connectivity index (χ0n) is 9.93. The molecule has 1 fully saturated rings. The first kappa shape index (κ1) is 12.1. The Morgan fingerprint density at radius 1 is 1.24 bits per heavy atom. The van der Waals surface area contributed by atoms with E-state index < -0.39 is 0 Å². The molecule has 0 saturated carbocycles. The summed E-state index contributed by atoms with van der Waals surface area (Å²) in [6.45, 7) is 1.93. The van der Waals surface area contributed by atoms with Gasteiger partial charge in [-0.1, -0.05) is 30.3 Å². The molecule has 92 valence electrons. The van der Waals surface area contributed by atoms with Crippen LogP contribution >= 0.6 is 0 Å². The smallest absolute Gasteiger partial charge is 0.306 e. The van der Waals surface area contributed by atoms with Crippen LogP contribution in [0.3, 0.4) is 0 Å². The predicted octanol–water partition coefficient (Wildman–Crippen LogP) is 2.55. The fourth-order valence-electron chi connectivity index (χ4n) is 1.98. The Morgan fingerprint density at radius 3 is 2.65 bits per heavy atom. The largest absolute Gasteiger partial charge is 0.461 e. The molecule has 1 aromatic carbocycles. The SMILES string of the molecule is O=C(CC1CCOCC1)OCc1ccccc1. The van der Waals surface area contributed by atoms with Crippen molar-refractivity contribution in [2.75, 3.05) is 13.2 Å². The lowest BCUT2D eigenvalue weighted by Gasteiger charge is -2.20. The third kappa shape index (κ3) is 4.19. The topological polar surface area (TPSA) is 35.5 Å². The highest BCUT2D eigenvalue weighted by atomic mass is 16.5. The molecule has 0 N–H and O–H groups in total. The van der Waals surface area contributed by atoms with Gasteiger partial charge in [0.05, 0.1) is 0 Å². The van der Waals surface area contributed by atoms with Gasteiger partial charge >= 0.3 is 5.97 Å². The minimum atomic E-state index is -0.0965. The van der Waals surface area contributed by atoms with Gasteiger partial charge < -0.3 is 9.47 Å². The number of esters is 1. The number of hydrogen-bond acceptors (Lipinski definition) is 3. The second-order valence-corrected chi connectivity index (χ2v) is 4.41. The summed E-state index contributed by atoms with van der Waals surface area (Å²) in [5.41, 5.74) is 1.04. The quantitative estimate of drug-likeness (QED) is 0.751. The highest BCUT2D eigenvalue weighted by molar-refractivity contribution is 5.69. The zero-order chi connectivity index (χ0) is 11.9. The fraction of sp³-hybridized carbons (Fsp3) is 0.500. The molecule has 1 aromatic rings. The second kappa shape index (κ2) is 6.40. The van der Waals surface area contributed by atoms with E-state index in [0.29, 0.717) is 18.9 Å². The summed E-state index contributed by atoms with van der Waals surface area (Å²) in [6, 6.07) is 9.76. The van der Waals surface area contributed by atoms with Crippen LogP contribution in [0.4, 0.5) is 0 Å². The van der Waals surface area contributed by atoms with Crippen LogP contribution in [0.5, 0.6) is 0 Å². The Balaban J connectivity index is 1.70. The van der Waals surface area contributed by atoms with E-state index in [1.54, 1.807) is 0 Å². The maximum absolute atomic E-state index is 11.6. The summed E-state index contributed by atoms with van der Waals surface area (Å²) in [5.74, 6) is 0.341. The third-order valence-electron chi connectivity index (χ3n) is 3.04. The third-order valence-corrected chi connectivity index (χ3v) is 3.04. The Bertz CT molecular complexity index is 342. The van der Waals surface area contributed by atoms with Crippen LogP contribution in [0.1, 0.15) is 24.8 Å². The molecule has 0 aliphatic carbocycles. The molecule has 0 unspecified atom stereocenters. The van der Waals surface area contributed by atoms with Crippen molar-refractivity contribution in [2.45, 2.75) is 25.9 Å². The van der Waals surface area contributed by atoms with Crippen molar-refractivity contribution in [2.24, 2.45) is 5.92 Å². The summed E-state index contributed by atoms with van der Waals surface area (Å²) in [4.78, 5) is 11.6. The number of benzene rings is 1. The van der Waals surface area contributed by atoms with E-state index in [2.05, 4.69) is 0 Å². The van der Waals surface area contributed by atoms with Gasteiger partial charge in [0.1, 0.15) is 6.61 Å². The lowest BCUT2D eigenvalue weighted by Crippen LogP contribution is -2.19. The Labute approximate surface area is 102 Å². The Kier molecular flexibility index (Phi) is 4.56. The van der Waals surface area contributed by atoms with Gasteiger partial charge in [0, 0.05) is 19.6 Å². The van der Waals surface area contributed by atoms with E-state index >= 15 is 0 Å². The Hall–Kier alpha value is -1.35. The van der Waals surface area contributed by atoms with Gasteiger partial charge in [-0.25, -0.2) is 0 Å². The predicted molar refractivity (Wildman–Crippen MR) is 64.4 cm³/mol. The van der Waals surface area contributed by atoms with E-state index in [-0.39, 0.29) is 5.97 Å². The van der Waals surface area contributed by atoms with Gasteiger partial charge in [0.15, 0.2) is 0 Å². The standard InChI is InChI=1S/C14H18O3/c15-14(10-12-6-8-16-9-7-12)17-11-13-4-2-1-3-5-13/h1-5,12H,6-11H2. The molecule has 0 bridgehead atoms. The Morgan fingerprint density at radius 2 is 1.94 bits per heavy atom. The molecule has 2 rings (SSSR count). The van der Waals surface area contributed by atoms with Crippen molar-refractivity contribution in [3.8, 4) is 0 Å². The lowest BCUT2D eigenvalue weighted by molar-refractivity contribution is -0.146. The van der Waals surface area contributed by atoms with Crippen molar-refractivity contribution >= 4 is 5.97 Å². The summed E-state index contributed by atoms with van der Waals surface area (Å²) in [7, 11) is 0. The maximum atomic E-state index is 11.6. The van der Waals surface area contributed by atoms with E-state index in [0.717, 1.165) is 31.6 Å². The summed E-state index contributed by atoms with van der Waals surface area (Å²) >= 11 is 0. The van der Waals surface area contributed by atoms with E-state index in [1.807, 2.05) is 30.3 Å². The minimum absolute atomic E-state index is 0.0965. The number of ether oxygens (including phenoxy) is 2. The highest BCUT2D eigenvalue weighted by Gasteiger charge is 2.18. The number of hydrogen-bond donors (Lipinski definition) is 0. The van der Waals surface area contributed by atoms with Gasteiger partial charge in [0.2, 0.25) is 0 Å². The van der Waals surface area contributed by atoms with Crippen LogP contribution in [0.25, 0.3) is 0 Å². The first-order valence-corrected chi connectivity index (χ1v) is 6.12. The van der Waals surface area contributed by atoms with Crippen LogP contribution in [-0.4, -0.2) is 19.2 Å². The van der Waals surface area contributed by atoms with E-state index in [9.17, 15) is 4.79 Å². The molecular weight excluding hydrogens is 216 g/mol. The summed E-state index contributed by atoms with van der Waals surface area (Å²) in [6.07, 6.45) is 2.47. The number of rotatable bonds is 4. The van der Waals surface area contributed by atoms with Crippen LogP contribution in [0, 0.1) is 5.92 Å². The molecule has 0 amide bonds.